The van der Waals surface area contributed by atoms with Crippen LogP contribution in [0.4, 0.5) is 17.6 Å². The number of nitrogens with two attached hydrogens (primary N) is 1. The number of benzene rings is 1. The lowest BCUT2D eigenvalue weighted by atomic mass is 10.3. The summed E-state index contributed by atoms with van der Waals surface area (Å²) in [7, 11) is -9.53. The number of hydrogen-bond donors (Lipinski definition) is 5. The van der Waals surface area contributed by atoms with E-state index in [1.54, 1.807) is 0 Å². The number of anilines is 3. The molecular weight excluding hydrogens is 354 g/mol. The van der Waals surface area contributed by atoms with Gasteiger partial charge in [0.05, 0.1) is 9.79 Å². The van der Waals surface area contributed by atoms with E-state index >= 15 is 0 Å². The fraction of sp³-hybridized carbons (Fsp3) is 0. The third-order valence-electron chi connectivity index (χ3n) is 2.40. The molecule has 2 rings (SSSR count). The van der Waals surface area contributed by atoms with Crippen LogP contribution in [0, 0.1) is 0 Å². The summed E-state index contributed by atoms with van der Waals surface area (Å²) in [5, 5.41) is 2.34. The quantitative estimate of drug-likeness (QED) is 0.416. The van der Waals surface area contributed by atoms with Crippen molar-refractivity contribution in [2.75, 3.05) is 11.1 Å². The zero-order valence-corrected chi connectivity index (χ0v) is 12.6. The van der Waals surface area contributed by atoms with E-state index in [-0.39, 0.29) is 17.6 Å². The molecule has 1 aromatic carbocycles. The molecule has 12 nitrogen and oxygen atoms in total. The first-order valence-electron chi connectivity index (χ1n) is 5.56. The Balaban J connectivity index is 2.60. The summed E-state index contributed by atoms with van der Waals surface area (Å²) >= 11 is 0. The third-order valence-corrected chi connectivity index (χ3v) is 4.06. The van der Waals surface area contributed by atoms with Gasteiger partial charge in [-0.05, 0) is 18.2 Å². The largest absolute Gasteiger partial charge is 0.369 e. The van der Waals surface area contributed by atoms with E-state index in [1.165, 1.54) is 0 Å². The predicted octanol–water partition coefficient (Wildman–Crippen LogP) is -1.02. The van der Waals surface area contributed by atoms with E-state index in [0.29, 0.717) is 6.07 Å². The Morgan fingerprint density at radius 2 is 1.52 bits per heavy atom. The maximum absolute atomic E-state index is 11.2. The maximum atomic E-state index is 11.2. The Labute approximate surface area is 128 Å². The number of aromatic nitrogens is 3. The minimum absolute atomic E-state index is 0.238. The first kappa shape index (κ1) is 16.8. The molecule has 124 valence electrons. The van der Waals surface area contributed by atoms with E-state index in [0.717, 1.165) is 12.1 Å². The first-order valence-corrected chi connectivity index (χ1v) is 8.44. The third kappa shape index (κ3) is 4.22. The highest BCUT2D eigenvalue weighted by Crippen LogP contribution is 2.23. The van der Waals surface area contributed by atoms with Crippen LogP contribution in [0.25, 0.3) is 0 Å². The molecule has 0 amide bonds. The molecule has 6 N–H and O–H groups in total. The SMILES string of the molecule is Nc1nc(Nc2cc(S(=O)(=O)O)cc(S(=O)(=O)O)c2)nc(=O)[nH]1. The summed E-state index contributed by atoms with van der Waals surface area (Å²) < 4.78 is 62.7. The fourth-order valence-corrected chi connectivity index (χ4v) is 2.71. The van der Waals surface area contributed by atoms with Gasteiger partial charge in [0.2, 0.25) is 11.9 Å². The molecule has 2 aromatic rings. The van der Waals surface area contributed by atoms with Crippen LogP contribution in [0.5, 0.6) is 0 Å². The van der Waals surface area contributed by atoms with E-state index in [1.807, 2.05) is 0 Å². The first-order chi connectivity index (χ1) is 10.4. The summed E-state index contributed by atoms with van der Waals surface area (Å²) in [5.41, 5.74) is 4.19. The second kappa shape index (κ2) is 5.58. The van der Waals surface area contributed by atoms with Crippen LogP contribution >= 0.6 is 0 Å². The van der Waals surface area contributed by atoms with Crippen molar-refractivity contribution in [3.8, 4) is 0 Å². The van der Waals surface area contributed by atoms with Gasteiger partial charge in [0.15, 0.2) is 0 Å². The second-order valence-electron chi connectivity index (χ2n) is 4.13. The molecule has 0 bridgehead atoms. The summed E-state index contributed by atoms with van der Waals surface area (Å²) in [5.74, 6) is -0.659. The smallest absolute Gasteiger partial charge is 0.350 e. The lowest BCUT2D eigenvalue weighted by Gasteiger charge is -2.08. The van der Waals surface area contributed by atoms with Crippen molar-refractivity contribution in [1.29, 1.82) is 0 Å². The van der Waals surface area contributed by atoms with Crippen LogP contribution in [0.3, 0.4) is 0 Å². The lowest BCUT2D eigenvalue weighted by Crippen LogP contribution is -2.16. The lowest BCUT2D eigenvalue weighted by molar-refractivity contribution is 0.481. The molecule has 0 atom stereocenters. The number of rotatable bonds is 4. The predicted molar refractivity (Wildman–Crippen MR) is 76.4 cm³/mol. The molecule has 0 aliphatic heterocycles. The van der Waals surface area contributed by atoms with Gasteiger partial charge in [-0.15, -0.1) is 0 Å². The van der Waals surface area contributed by atoms with Crippen LogP contribution in [-0.2, 0) is 20.2 Å². The van der Waals surface area contributed by atoms with Gasteiger partial charge in [0, 0.05) is 5.69 Å². The van der Waals surface area contributed by atoms with Gasteiger partial charge < -0.3 is 11.1 Å². The Bertz CT molecular complexity index is 978. The fourth-order valence-electron chi connectivity index (χ4n) is 1.53. The Hall–Kier alpha value is -2.55. The number of aromatic amines is 1. The van der Waals surface area contributed by atoms with Crippen LogP contribution in [0.1, 0.15) is 0 Å². The molecule has 0 aliphatic rings. The summed E-state index contributed by atoms with van der Waals surface area (Å²) in [6, 6.07) is 2.22. The molecule has 1 heterocycles. The number of H-pyrrole nitrogens is 1. The maximum Gasteiger partial charge on any atom is 0.350 e. The van der Waals surface area contributed by atoms with E-state index in [9.17, 15) is 21.6 Å². The van der Waals surface area contributed by atoms with Crippen molar-refractivity contribution in [1.82, 2.24) is 15.0 Å². The van der Waals surface area contributed by atoms with Crippen molar-refractivity contribution in [2.24, 2.45) is 0 Å². The summed E-state index contributed by atoms with van der Waals surface area (Å²) in [4.78, 5) is 18.6. The average Bonchev–Trinajstić information content (AvgIpc) is 2.34. The molecule has 0 radical (unpaired) electrons. The normalized spacial score (nSPS) is 12.1. The molecule has 0 saturated carbocycles. The van der Waals surface area contributed by atoms with Gasteiger partial charge in [-0.3, -0.25) is 14.1 Å². The van der Waals surface area contributed by atoms with Crippen molar-refractivity contribution < 1.29 is 25.9 Å². The minimum Gasteiger partial charge on any atom is -0.369 e. The van der Waals surface area contributed by atoms with E-state index < -0.39 is 35.7 Å². The van der Waals surface area contributed by atoms with Gasteiger partial charge in [-0.1, -0.05) is 0 Å². The average molecular weight is 363 g/mol. The van der Waals surface area contributed by atoms with Crippen molar-refractivity contribution in [2.45, 2.75) is 9.79 Å². The van der Waals surface area contributed by atoms with Gasteiger partial charge >= 0.3 is 5.69 Å². The van der Waals surface area contributed by atoms with Crippen molar-refractivity contribution >= 4 is 37.8 Å². The van der Waals surface area contributed by atoms with Crippen molar-refractivity contribution in [3.05, 3.63) is 28.7 Å². The zero-order chi connectivity index (χ0) is 17.4. The number of nitrogens with one attached hydrogen (secondary N) is 2. The van der Waals surface area contributed by atoms with Gasteiger partial charge in [0.25, 0.3) is 20.2 Å². The number of nitrogens with zero attached hydrogens (tertiary/aromatic N) is 2. The van der Waals surface area contributed by atoms with Crippen LogP contribution in [0.15, 0.2) is 32.8 Å². The van der Waals surface area contributed by atoms with Gasteiger partial charge in [-0.2, -0.15) is 26.8 Å². The number of hydrogen-bond acceptors (Lipinski definition) is 9. The summed E-state index contributed by atoms with van der Waals surface area (Å²) in [6.45, 7) is 0. The second-order valence-corrected chi connectivity index (χ2v) is 6.97. The summed E-state index contributed by atoms with van der Waals surface area (Å²) in [6.07, 6.45) is 0. The minimum atomic E-state index is -4.77. The highest BCUT2D eigenvalue weighted by molar-refractivity contribution is 7.86. The molecule has 0 saturated heterocycles. The molecule has 0 spiro atoms. The molecule has 14 heteroatoms. The van der Waals surface area contributed by atoms with Gasteiger partial charge in [-0.25, -0.2) is 4.79 Å². The molecule has 0 aliphatic carbocycles. The topological polar surface area (TPSA) is 205 Å². The molecule has 23 heavy (non-hydrogen) atoms. The zero-order valence-electron chi connectivity index (χ0n) is 11.0. The molecule has 0 fully saturated rings. The molecule has 0 unspecified atom stereocenters. The van der Waals surface area contributed by atoms with E-state index in [2.05, 4.69) is 20.3 Å². The number of nitrogen functional groups attached to an aromatic ring is 1. The molecule has 1 aromatic heterocycles. The standard InChI is InChI=1S/C9H9N5O7S2/c10-7-12-8(14-9(15)13-7)11-4-1-5(22(16,17)18)3-6(2-4)23(19,20)21/h1-3H,(H,16,17,18)(H,19,20,21)(H4,10,11,12,13,14,15). The highest BCUT2D eigenvalue weighted by atomic mass is 32.2. The Morgan fingerprint density at radius 1 is 1.00 bits per heavy atom. The van der Waals surface area contributed by atoms with Crippen LogP contribution < -0.4 is 16.7 Å². The Kier molecular flexibility index (Phi) is 4.08. The Morgan fingerprint density at radius 3 is 1.96 bits per heavy atom. The van der Waals surface area contributed by atoms with Crippen LogP contribution in [-0.4, -0.2) is 40.9 Å². The van der Waals surface area contributed by atoms with Gasteiger partial charge in [0.1, 0.15) is 0 Å². The highest BCUT2D eigenvalue weighted by Gasteiger charge is 2.18. The van der Waals surface area contributed by atoms with Crippen LogP contribution in [0.2, 0.25) is 0 Å². The van der Waals surface area contributed by atoms with Crippen molar-refractivity contribution in [3.63, 3.8) is 0 Å². The monoisotopic (exact) mass is 363 g/mol. The van der Waals surface area contributed by atoms with E-state index in [4.69, 9.17) is 14.8 Å². The molecular formula is C9H9N5O7S2.